The Labute approximate surface area is 181 Å². The van der Waals surface area contributed by atoms with Gasteiger partial charge in [0.1, 0.15) is 5.56 Å². The van der Waals surface area contributed by atoms with Crippen molar-refractivity contribution in [2.24, 2.45) is 0 Å². The number of allylic oxidation sites excluding steroid dienone is 1. The minimum absolute atomic E-state index is 0.301. The highest BCUT2D eigenvalue weighted by atomic mass is 32.1. The fourth-order valence-corrected chi connectivity index (χ4v) is 4.47. The summed E-state index contributed by atoms with van der Waals surface area (Å²) in [5.41, 5.74) is 4.06. The molecule has 0 aromatic carbocycles. The third kappa shape index (κ3) is 3.35. The van der Waals surface area contributed by atoms with Crippen LogP contribution in [0.15, 0.2) is 18.7 Å². The van der Waals surface area contributed by atoms with Gasteiger partial charge in [0, 0.05) is 17.9 Å². The van der Waals surface area contributed by atoms with Gasteiger partial charge >= 0.3 is 0 Å². The molecule has 0 radical (unpaired) electrons. The number of hydrogen-bond acceptors (Lipinski definition) is 7. The zero-order valence-corrected chi connectivity index (χ0v) is 18.6. The number of anilines is 1. The zero-order chi connectivity index (χ0) is 21.6. The van der Waals surface area contributed by atoms with Crippen LogP contribution in [0.5, 0.6) is 0 Å². The summed E-state index contributed by atoms with van der Waals surface area (Å²) in [6.45, 7) is 11.8. The number of amides is 1. The average Bonchev–Trinajstić information content (AvgIpc) is 3.31. The molecule has 30 heavy (non-hydrogen) atoms. The number of rotatable bonds is 5. The smallest absolute Gasteiger partial charge is 0.263 e. The van der Waals surface area contributed by atoms with Crippen LogP contribution in [-0.2, 0) is 6.54 Å². The first-order chi connectivity index (χ1) is 14.3. The van der Waals surface area contributed by atoms with Crippen molar-refractivity contribution in [2.45, 2.75) is 34.2 Å². The van der Waals surface area contributed by atoms with Gasteiger partial charge in [-0.2, -0.15) is 10.2 Å². The van der Waals surface area contributed by atoms with E-state index in [1.807, 2.05) is 31.4 Å². The molecule has 0 spiro atoms. The highest BCUT2D eigenvalue weighted by Gasteiger charge is 2.22. The van der Waals surface area contributed by atoms with Gasteiger partial charge in [0.2, 0.25) is 0 Å². The van der Waals surface area contributed by atoms with Crippen molar-refractivity contribution < 1.29 is 4.79 Å². The minimum Gasteiger partial charge on any atom is -0.298 e. The lowest BCUT2D eigenvalue weighted by atomic mass is 10.2. The maximum Gasteiger partial charge on any atom is 0.263 e. The third-order valence-corrected chi connectivity index (χ3v) is 5.97. The van der Waals surface area contributed by atoms with Crippen molar-refractivity contribution in [3.8, 4) is 10.7 Å². The van der Waals surface area contributed by atoms with Crippen LogP contribution in [0.2, 0.25) is 0 Å². The van der Waals surface area contributed by atoms with Gasteiger partial charge in [0.05, 0.1) is 16.3 Å². The first-order valence-corrected chi connectivity index (χ1v) is 10.4. The maximum atomic E-state index is 13.1. The molecule has 4 heterocycles. The van der Waals surface area contributed by atoms with Crippen LogP contribution in [0.1, 0.15) is 33.1 Å². The summed E-state index contributed by atoms with van der Waals surface area (Å²) in [5.74, 6) is 0.362. The van der Waals surface area contributed by atoms with Gasteiger partial charge in [-0.1, -0.05) is 17.4 Å². The Hall–Kier alpha value is -3.18. The van der Waals surface area contributed by atoms with E-state index in [0.717, 1.165) is 22.0 Å². The molecule has 0 unspecified atom stereocenters. The molecular weight excluding hydrogens is 420 g/mol. The van der Waals surface area contributed by atoms with E-state index in [1.165, 1.54) is 11.3 Å². The van der Waals surface area contributed by atoms with Crippen molar-refractivity contribution >= 4 is 40.2 Å². The van der Waals surface area contributed by atoms with E-state index in [-0.39, 0.29) is 5.91 Å². The Bertz CT molecular complexity index is 1360. The fourth-order valence-electron chi connectivity index (χ4n) is 3.30. The van der Waals surface area contributed by atoms with Gasteiger partial charge < -0.3 is 0 Å². The number of H-pyrrole nitrogens is 1. The van der Waals surface area contributed by atoms with E-state index in [9.17, 15) is 4.79 Å². The molecule has 0 aliphatic carbocycles. The van der Waals surface area contributed by atoms with Crippen LogP contribution < -0.4 is 5.32 Å². The van der Waals surface area contributed by atoms with Crippen LogP contribution >= 0.6 is 23.6 Å². The molecular formula is C19H20N8OS2. The van der Waals surface area contributed by atoms with Crippen molar-refractivity contribution in [1.29, 1.82) is 0 Å². The summed E-state index contributed by atoms with van der Waals surface area (Å²) in [6, 6.07) is 1.92. The quantitative estimate of drug-likeness (QED) is 0.361. The van der Waals surface area contributed by atoms with E-state index in [4.69, 9.17) is 12.2 Å². The number of aromatic nitrogens is 7. The summed E-state index contributed by atoms with van der Waals surface area (Å²) >= 11 is 6.62. The maximum absolute atomic E-state index is 13.1. The van der Waals surface area contributed by atoms with Gasteiger partial charge in [0.15, 0.2) is 21.4 Å². The highest BCUT2D eigenvalue weighted by molar-refractivity contribution is 7.71. The van der Waals surface area contributed by atoms with E-state index in [2.05, 4.69) is 37.2 Å². The van der Waals surface area contributed by atoms with E-state index < -0.39 is 0 Å². The second kappa shape index (κ2) is 7.58. The minimum atomic E-state index is -0.301. The topological polar surface area (TPSA) is 106 Å². The Balaban J connectivity index is 1.70. The predicted octanol–water partition coefficient (Wildman–Crippen LogP) is 3.78. The predicted molar refractivity (Wildman–Crippen MR) is 119 cm³/mol. The number of aromatic amines is 1. The molecule has 0 aliphatic heterocycles. The summed E-state index contributed by atoms with van der Waals surface area (Å²) in [5, 5.41) is 14.9. The van der Waals surface area contributed by atoms with Crippen LogP contribution in [0, 0.1) is 32.5 Å². The van der Waals surface area contributed by atoms with Crippen molar-refractivity contribution in [3.05, 3.63) is 51.8 Å². The lowest BCUT2D eigenvalue weighted by Gasteiger charge is -2.03. The summed E-state index contributed by atoms with van der Waals surface area (Å²) in [6.07, 6.45) is 1.75. The van der Waals surface area contributed by atoms with Gasteiger partial charge in [-0.15, -0.1) is 6.58 Å². The average molecular weight is 441 g/mol. The number of nitrogens with zero attached hydrogens (tertiary/aromatic N) is 6. The molecule has 0 fully saturated rings. The standard InChI is InChI=1S/C19H20N8OS2/c1-6-7-26-16(23-24-19(26)29)14-12(5)21-18(30-14)22-17(28)13-11(4)25-27-10(3)8-9(2)20-15(13)27/h6,8H,1,7H2,2-5H3,(H,24,29)(H,21,22,28). The van der Waals surface area contributed by atoms with Gasteiger partial charge in [0.25, 0.3) is 5.91 Å². The van der Waals surface area contributed by atoms with Gasteiger partial charge in [-0.3, -0.25) is 19.8 Å². The zero-order valence-electron chi connectivity index (χ0n) is 17.0. The lowest BCUT2D eigenvalue weighted by Crippen LogP contribution is -2.13. The highest BCUT2D eigenvalue weighted by Crippen LogP contribution is 2.32. The number of aryl methyl sites for hydroxylation is 4. The second-order valence-electron chi connectivity index (χ2n) is 6.87. The van der Waals surface area contributed by atoms with Crippen LogP contribution in [0.4, 0.5) is 5.13 Å². The van der Waals surface area contributed by atoms with E-state index in [0.29, 0.717) is 39.2 Å². The van der Waals surface area contributed by atoms with Crippen molar-refractivity contribution in [2.75, 3.05) is 5.32 Å². The first kappa shape index (κ1) is 20.1. The largest absolute Gasteiger partial charge is 0.298 e. The third-order valence-electron chi connectivity index (χ3n) is 4.59. The monoisotopic (exact) mass is 440 g/mol. The molecule has 0 saturated carbocycles. The van der Waals surface area contributed by atoms with Crippen LogP contribution in [0.25, 0.3) is 16.3 Å². The molecule has 0 bridgehead atoms. The van der Waals surface area contributed by atoms with Gasteiger partial charge in [-0.25, -0.2) is 14.5 Å². The van der Waals surface area contributed by atoms with E-state index >= 15 is 0 Å². The Morgan fingerprint density at radius 3 is 2.80 bits per heavy atom. The molecule has 9 nitrogen and oxygen atoms in total. The molecule has 4 rings (SSSR count). The summed E-state index contributed by atoms with van der Waals surface area (Å²) < 4.78 is 4.02. The fraction of sp³-hybridized carbons (Fsp3) is 0.263. The molecule has 0 atom stereocenters. The molecule has 4 aromatic heterocycles. The van der Waals surface area contributed by atoms with Crippen molar-refractivity contribution in [1.82, 2.24) is 34.3 Å². The van der Waals surface area contributed by atoms with Gasteiger partial charge in [-0.05, 0) is 46.0 Å². The summed E-state index contributed by atoms with van der Waals surface area (Å²) in [7, 11) is 0. The SMILES string of the molecule is C=CCn1c(-c2sc(NC(=O)c3c(C)nn4c(C)cc(C)nc34)nc2C)n[nH]c1=S. The first-order valence-electron chi connectivity index (χ1n) is 9.19. The normalized spacial score (nSPS) is 11.2. The number of fused-ring (bicyclic) bond motifs is 1. The lowest BCUT2D eigenvalue weighted by molar-refractivity contribution is 0.102. The number of carbonyl (C=O) groups excluding carboxylic acids is 1. The molecule has 0 aliphatic rings. The number of thiazole rings is 1. The number of carbonyl (C=O) groups is 1. The van der Waals surface area contributed by atoms with Crippen molar-refractivity contribution in [3.63, 3.8) is 0 Å². The Kier molecular flexibility index (Phi) is 5.08. The molecule has 2 N–H and O–H groups in total. The summed E-state index contributed by atoms with van der Waals surface area (Å²) in [4.78, 5) is 22.9. The van der Waals surface area contributed by atoms with Crippen LogP contribution in [-0.4, -0.2) is 40.3 Å². The molecule has 0 saturated heterocycles. The molecule has 4 aromatic rings. The second-order valence-corrected chi connectivity index (χ2v) is 8.26. The molecule has 11 heteroatoms. The Morgan fingerprint density at radius 1 is 1.30 bits per heavy atom. The van der Waals surface area contributed by atoms with Crippen LogP contribution in [0.3, 0.4) is 0 Å². The Morgan fingerprint density at radius 2 is 2.07 bits per heavy atom. The number of nitrogens with one attached hydrogen (secondary N) is 2. The number of hydrogen-bond donors (Lipinski definition) is 2. The van der Waals surface area contributed by atoms with E-state index in [1.54, 1.807) is 17.5 Å². The molecule has 1 amide bonds. The molecule has 154 valence electrons.